The van der Waals surface area contributed by atoms with Gasteiger partial charge in [-0.05, 0) is 24.0 Å². The van der Waals surface area contributed by atoms with E-state index in [9.17, 15) is 30.0 Å². The molecule has 8 nitrogen and oxygen atoms in total. The molecule has 0 radical (unpaired) electrons. The van der Waals surface area contributed by atoms with Gasteiger partial charge in [-0.2, -0.15) is 34.3 Å². The monoisotopic (exact) mass is 545 g/mol. The molecule has 4 rings (SSSR count). The molecule has 0 unspecified atom stereocenters. The van der Waals surface area contributed by atoms with Crippen molar-refractivity contribution in [3.8, 4) is 0 Å². The number of benzene rings is 2. The van der Waals surface area contributed by atoms with Crippen LogP contribution in [0.25, 0.3) is 0 Å². The second kappa shape index (κ2) is 9.69. The van der Waals surface area contributed by atoms with Crippen molar-refractivity contribution in [2.24, 2.45) is 5.92 Å². The highest BCUT2D eigenvalue weighted by Gasteiger charge is 2.56. The largest absolute Gasteiger partial charge is 0.523 e. The van der Waals surface area contributed by atoms with Gasteiger partial charge in [0.05, 0.1) is 0 Å². The summed E-state index contributed by atoms with van der Waals surface area (Å²) in [4.78, 5) is 1.69. The first-order chi connectivity index (χ1) is 16.9. The molecule has 2 heterocycles. The molecule has 0 saturated carbocycles. The van der Waals surface area contributed by atoms with Crippen LogP contribution in [0.15, 0.2) is 73.1 Å². The summed E-state index contributed by atoms with van der Waals surface area (Å²) >= 11 is 0. The van der Waals surface area contributed by atoms with Crippen LogP contribution in [-0.2, 0) is 30.1 Å². The Morgan fingerprint density at radius 3 is 1.75 bits per heavy atom. The minimum Gasteiger partial charge on any atom is -0.361 e. The van der Waals surface area contributed by atoms with Crippen LogP contribution in [-0.4, -0.2) is 62.7 Å². The lowest BCUT2D eigenvalue weighted by Gasteiger charge is -2.44. The number of hydrogen-bond donors (Lipinski definition) is 0. The highest BCUT2D eigenvalue weighted by molar-refractivity contribution is 7.87. The minimum absolute atomic E-state index is 0.0160. The second-order valence-electron chi connectivity index (χ2n) is 8.72. The zero-order valence-electron chi connectivity index (χ0n) is 19.4. The van der Waals surface area contributed by atoms with E-state index in [1.807, 2.05) is 0 Å². The van der Waals surface area contributed by atoms with Crippen LogP contribution >= 0.6 is 0 Å². The molecule has 36 heavy (non-hydrogen) atoms. The summed E-state index contributed by atoms with van der Waals surface area (Å²) in [6.45, 7) is 0.114. The van der Waals surface area contributed by atoms with Crippen molar-refractivity contribution in [1.82, 2.24) is 13.5 Å². The number of halogens is 3. The summed E-state index contributed by atoms with van der Waals surface area (Å²) in [5, 5.41) is 0. The topological polar surface area (TPSA) is 87.2 Å². The SMILES string of the molecule is CN1C=CN(S(=O)(=O)N2CCC(C(OS(=O)(=O)C(F)(F)F)(c3ccccc3)c3ccccc3)CC2)C1. The third kappa shape index (κ3) is 4.84. The van der Waals surface area contributed by atoms with Crippen LogP contribution in [0.5, 0.6) is 0 Å². The number of nitrogens with zero attached hydrogens (tertiary/aromatic N) is 3. The summed E-state index contributed by atoms with van der Waals surface area (Å²) in [6.07, 6.45) is 3.21. The highest BCUT2D eigenvalue weighted by Crippen LogP contribution is 2.48. The summed E-state index contributed by atoms with van der Waals surface area (Å²) in [5.41, 5.74) is -7.19. The molecule has 0 N–H and O–H groups in total. The zero-order chi connectivity index (χ0) is 26.2. The smallest absolute Gasteiger partial charge is 0.361 e. The van der Waals surface area contributed by atoms with Gasteiger partial charge in [0.25, 0.3) is 0 Å². The van der Waals surface area contributed by atoms with E-state index in [4.69, 9.17) is 4.18 Å². The van der Waals surface area contributed by atoms with Gasteiger partial charge in [0.2, 0.25) is 0 Å². The lowest BCUT2D eigenvalue weighted by Crippen LogP contribution is -2.51. The molecule has 1 saturated heterocycles. The van der Waals surface area contributed by atoms with Crippen LogP contribution < -0.4 is 0 Å². The van der Waals surface area contributed by atoms with Crippen molar-refractivity contribution in [1.29, 1.82) is 0 Å². The van der Waals surface area contributed by atoms with E-state index in [0.29, 0.717) is 0 Å². The van der Waals surface area contributed by atoms with Gasteiger partial charge < -0.3 is 4.90 Å². The molecule has 0 bridgehead atoms. The van der Waals surface area contributed by atoms with E-state index in [2.05, 4.69) is 0 Å². The normalized spacial score (nSPS) is 18.7. The quantitative estimate of drug-likeness (QED) is 0.392. The van der Waals surface area contributed by atoms with Gasteiger partial charge in [-0.15, -0.1) is 0 Å². The first kappa shape index (κ1) is 26.5. The Bertz CT molecular complexity index is 1260. The summed E-state index contributed by atoms with van der Waals surface area (Å²) in [7, 11) is -8.14. The molecule has 2 aliphatic rings. The standard InChI is InChI=1S/C23H26F3N3O5S2/c1-27-16-17-29(18-27)36(32,33)28-14-12-21(13-15-28)22(19-8-4-2-5-9-19,20-10-6-3-7-11-20)34-35(30,31)23(24,25)26/h2-11,16-17,21H,12-15,18H2,1H3. The number of hydrogen-bond acceptors (Lipinski definition) is 6. The van der Waals surface area contributed by atoms with Gasteiger partial charge in [0, 0.05) is 38.5 Å². The lowest BCUT2D eigenvalue weighted by molar-refractivity contribution is -0.0708. The molecule has 0 aliphatic carbocycles. The van der Waals surface area contributed by atoms with Crippen LogP contribution in [0.1, 0.15) is 24.0 Å². The third-order valence-corrected chi connectivity index (χ3v) is 9.33. The molecule has 0 spiro atoms. The van der Waals surface area contributed by atoms with Gasteiger partial charge in [-0.1, -0.05) is 60.7 Å². The molecule has 196 valence electrons. The minimum atomic E-state index is -6.02. The first-order valence-electron chi connectivity index (χ1n) is 11.2. The van der Waals surface area contributed by atoms with Crippen molar-refractivity contribution in [2.75, 3.05) is 26.8 Å². The molecule has 1 fully saturated rings. The maximum Gasteiger partial charge on any atom is 0.523 e. The average Bonchev–Trinajstić information content (AvgIpc) is 3.30. The Morgan fingerprint density at radius 2 is 1.33 bits per heavy atom. The van der Waals surface area contributed by atoms with Crippen molar-refractivity contribution in [3.05, 3.63) is 84.2 Å². The van der Waals surface area contributed by atoms with Gasteiger partial charge in [0.1, 0.15) is 12.3 Å². The molecule has 2 aromatic rings. The third-order valence-electron chi connectivity index (χ3n) is 6.43. The van der Waals surface area contributed by atoms with Crippen LogP contribution in [0.4, 0.5) is 13.2 Å². The first-order valence-corrected chi connectivity index (χ1v) is 14.0. The summed E-state index contributed by atoms with van der Waals surface area (Å²) < 4.78 is 99.3. The predicted molar refractivity (Wildman–Crippen MR) is 127 cm³/mol. The highest BCUT2D eigenvalue weighted by atomic mass is 32.2. The Hall–Kier alpha value is -2.61. The average molecular weight is 546 g/mol. The van der Waals surface area contributed by atoms with Gasteiger partial charge in [0.15, 0.2) is 0 Å². The Kier molecular flexibility index (Phi) is 7.12. The van der Waals surface area contributed by atoms with Crippen LogP contribution in [0.2, 0.25) is 0 Å². The molecule has 0 aromatic heterocycles. The Balaban J connectivity index is 1.75. The number of alkyl halides is 3. The van der Waals surface area contributed by atoms with Gasteiger partial charge in [-0.3, -0.25) is 0 Å². The Labute approximate surface area is 208 Å². The fourth-order valence-corrected chi connectivity index (χ4v) is 6.96. The molecule has 0 amide bonds. The van der Waals surface area contributed by atoms with Crippen molar-refractivity contribution in [3.63, 3.8) is 0 Å². The molecular formula is C23H26F3N3O5S2. The van der Waals surface area contributed by atoms with E-state index in [1.165, 1.54) is 39.1 Å². The molecular weight excluding hydrogens is 519 g/mol. The fourth-order valence-electron chi connectivity index (χ4n) is 4.69. The van der Waals surface area contributed by atoms with Crippen molar-refractivity contribution < 1.29 is 34.2 Å². The maximum atomic E-state index is 13.6. The van der Waals surface area contributed by atoms with Crippen LogP contribution in [0, 0.1) is 5.92 Å². The van der Waals surface area contributed by atoms with E-state index in [1.54, 1.807) is 54.5 Å². The molecule has 2 aliphatic heterocycles. The van der Waals surface area contributed by atoms with E-state index >= 15 is 0 Å². The fraction of sp³-hybridized carbons (Fsp3) is 0.391. The molecule has 2 aromatic carbocycles. The van der Waals surface area contributed by atoms with Crippen LogP contribution in [0.3, 0.4) is 0 Å². The number of rotatable bonds is 7. The maximum absolute atomic E-state index is 13.6. The Morgan fingerprint density at radius 1 is 0.833 bits per heavy atom. The lowest BCUT2D eigenvalue weighted by atomic mass is 9.72. The van der Waals surface area contributed by atoms with Crippen molar-refractivity contribution >= 4 is 20.3 Å². The van der Waals surface area contributed by atoms with Gasteiger partial charge >= 0.3 is 25.8 Å². The van der Waals surface area contributed by atoms with Crippen molar-refractivity contribution in [2.45, 2.75) is 24.0 Å². The molecule has 0 atom stereocenters. The van der Waals surface area contributed by atoms with E-state index in [-0.39, 0.29) is 43.7 Å². The summed E-state index contributed by atoms with van der Waals surface area (Å²) in [5.74, 6) is -0.775. The predicted octanol–water partition coefficient (Wildman–Crippen LogP) is 3.43. The summed E-state index contributed by atoms with van der Waals surface area (Å²) in [6, 6.07) is 15.8. The zero-order valence-corrected chi connectivity index (χ0v) is 21.0. The van der Waals surface area contributed by atoms with E-state index in [0.717, 1.165) is 0 Å². The second-order valence-corrected chi connectivity index (χ2v) is 12.1. The van der Waals surface area contributed by atoms with E-state index < -0.39 is 37.4 Å². The number of piperidine rings is 1. The van der Waals surface area contributed by atoms with Gasteiger partial charge in [-0.25, -0.2) is 8.49 Å². The molecule has 13 heteroatoms.